The number of anilines is 1. The molecule has 0 spiro atoms. The van der Waals surface area contributed by atoms with E-state index in [4.69, 9.17) is 21.4 Å². The van der Waals surface area contributed by atoms with Gasteiger partial charge < -0.3 is 11.1 Å². The standard InChI is InChI=1S/C7H8ClN3O/c1-10-4-2-3-5(8)11-6(4)7(9)12/h2-3,10H,1H3,(H2,9,12)/i1D3. The summed E-state index contributed by atoms with van der Waals surface area (Å²) in [6.07, 6.45) is 0. The average molecular weight is 189 g/mol. The molecule has 0 aliphatic carbocycles. The second kappa shape index (κ2) is 3.40. The third kappa shape index (κ3) is 1.65. The number of halogens is 1. The van der Waals surface area contributed by atoms with E-state index >= 15 is 0 Å². The van der Waals surface area contributed by atoms with Crippen LogP contribution in [0.15, 0.2) is 12.1 Å². The third-order valence-electron chi connectivity index (χ3n) is 1.23. The number of nitrogens with two attached hydrogens (primary N) is 1. The number of pyridine rings is 1. The molecule has 1 heterocycles. The Kier molecular flexibility index (Phi) is 1.52. The number of hydrogen-bond acceptors (Lipinski definition) is 3. The first-order valence-corrected chi connectivity index (χ1v) is 3.42. The molecular weight excluding hydrogens is 178 g/mol. The molecular formula is C7H8ClN3O. The number of nitrogens with one attached hydrogen (secondary N) is 1. The molecule has 5 heteroatoms. The fraction of sp³-hybridized carbons (Fsp3) is 0.143. The lowest BCUT2D eigenvalue weighted by molar-refractivity contribution is 0.0996. The Labute approximate surface area is 79.0 Å². The van der Waals surface area contributed by atoms with Gasteiger partial charge in [0.15, 0.2) is 5.69 Å². The summed E-state index contributed by atoms with van der Waals surface area (Å²) in [4.78, 5) is 14.6. The zero-order valence-electron chi connectivity index (χ0n) is 8.97. The molecule has 0 unspecified atom stereocenters. The van der Waals surface area contributed by atoms with Crippen LogP contribution in [0.5, 0.6) is 0 Å². The van der Waals surface area contributed by atoms with Gasteiger partial charge in [-0.25, -0.2) is 4.98 Å². The quantitative estimate of drug-likeness (QED) is 0.677. The number of aromatic nitrogens is 1. The molecule has 3 N–H and O–H groups in total. The van der Waals surface area contributed by atoms with Crippen LogP contribution in [0.3, 0.4) is 0 Å². The Morgan fingerprint density at radius 3 is 3.17 bits per heavy atom. The van der Waals surface area contributed by atoms with Gasteiger partial charge in [0, 0.05) is 11.1 Å². The summed E-state index contributed by atoms with van der Waals surface area (Å²) in [6, 6.07) is 2.70. The molecule has 0 aromatic carbocycles. The van der Waals surface area contributed by atoms with Crippen LogP contribution in [-0.2, 0) is 0 Å². The van der Waals surface area contributed by atoms with E-state index in [1.54, 1.807) is 0 Å². The average Bonchev–Trinajstić information content (AvgIpc) is 2.05. The molecule has 64 valence electrons. The highest BCUT2D eigenvalue weighted by molar-refractivity contribution is 6.29. The summed E-state index contributed by atoms with van der Waals surface area (Å²) in [5.41, 5.74) is 4.86. The topological polar surface area (TPSA) is 68.0 Å². The van der Waals surface area contributed by atoms with Crippen molar-refractivity contribution in [3.8, 4) is 0 Å². The van der Waals surface area contributed by atoms with E-state index in [1.807, 2.05) is 0 Å². The van der Waals surface area contributed by atoms with Gasteiger partial charge in [0.1, 0.15) is 5.15 Å². The van der Waals surface area contributed by atoms with Gasteiger partial charge in [-0.1, -0.05) is 11.6 Å². The first-order valence-electron chi connectivity index (χ1n) is 4.54. The van der Waals surface area contributed by atoms with E-state index in [9.17, 15) is 4.79 Å². The molecule has 0 aliphatic rings. The van der Waals surface area contributed by atoms with Gasteiger partial charge in [0.2, 0.25) is 0 Å². The van der Waals surface area contributed by atoms with Crippen LogP contribution in [0.25, 0.3) is 0 Å². The van der Waals surface area contributed by atoms with Gasteiger partial charge in [-0.05, 0) is 12.1 Å². The molecule has 1 amide bonds. The predicted octanol–water partition coefficient (Wildman–Crippen LogP) is 0.876. The number of carbonyl (C=O) groups is 1. The monoisotopic (exact) mass is 188 g/mol. The smallest absolute Gasteiger partial charge is 0.269 e. The molecule has 1 aromatic rings. The molecule has 0 saturated carbocycles. The maximum absolute atomic E-state index is 10.9. The predicted molar refractivity (Wildman–Crippen MR) is 47.3 cm³/mol. The lowest BCUT2D eigenvalue weighted by Crippen LogP contribution is -2.15. The molecule has 0 fully saturated rings. The van der Waals surface area contributed by atoms with Crippen LogP contribution >= 0.6 is 11.6 Å². The van der Waals surface area contributed by atoms with Gasteiger partial charge >= 0.3 is 0 Å². The number of hydrogen-bond donors (Lipinski definition) is 2. The zero-order valence-corrected chi connectivity index (χ0v) is 6.72. The van der Waals surface area contributed by atoms with Crippen LogP contribution < -0.4 is 11.1 Å². The molecule has 0 bridgehead atoms. The second-order valence-electron chi connectivity index (χ2n) is 2.02. The highest BCUT2D eigenvalue weighted by Gasteiger charge is 2.08. The van der Waals surface area contributed by atoms with Crippen LogP contribution in [0.4, 0.5) is 5.69 Å². The summed E-state index contributed by atoms with van der Waals surface area (Å²) < 4.78 is 20.9. The number of primary amides is 1. The molecule has 0 atom stereocenters. The third-order valence-corrected chi connectivity index (χ3v) is 1.44. The van der Waals surface area contributed by atoms with Gasteiger partial charge in [-0.15, -0.1) is 0 Å². The summed E-state index contributed by atoms with van der Waals surface area (Å²) in [5.74, 6) is -0.843. The van der Waals surface area contributed by atoms with E-state index in [0.29, 0.717) is 0 Å². The minimum absolute atomic E-state index is 0.0342. The summed E-state index contributed by atoms with van der Waals surface area (Å²) in [5, 5.41) is 2.21. The van der Waals surface area contributed by atoms with Crippen molar-refractivity contribution >= 4 is 23.2 Å². The minimum Gasteiger partial charge on any atom is -0.386 e. The Hall–Kier alpha value is -1.29. The van der Waals surface area contributed by atoms with Crippen molar-refractivity contribution in [2.45, 2.75) is 0 Å². The molecule has 12 heavy (non-hydrogen) atoms. The summed E-state index contributed by atoms with van der Waals surface area (Å²) >= 11 is 5.54. The largest absolute Gasteiger partial charge is 0.386 e. The highest BCUT2D eigenvalue weighted by atomic mass is 35.5. The molecule has 0 aliphatic heterocycles. The highest BCUT2D eigenvalue weighted by Crippen LogP contribution is 2.15. The first-order chi connectivity index (χ1) is 6.79. The van der Waals surface area contributed by atoms with E-state index in [2.05, 4.69) is 10.3 Å². The van der Waals surface area contributed by atoms with Crippen molar-refractivity contribution in [2.24, 2.45) is 5.73 Å². The van der Waals surface area contributed by atoms with Crippen molar-refractivity contribution < 1.29 is 8.91 Å². The lowest BCUT2D eigenvalue weighted by atomic mass is 10.3. The lowest BCUT2D eigenvalue weighted by Gasteiger charge is -2.03. The van der Waals surface area contributed by atoms with Crippen LogP contribution in [0.2, 0.25) is 5.15 Å². The Bertz CT molecular complexity index is 394. The van der Waals surface area contributed by atoms with Crippen LogP contribution in [0, 0.1) is 0 Å². The molecule has 0 saturated heterocycles. The normalized spacial score (nSPS) is 14.2. The number of carbonyl (C=O) groups excluding carboxylic acids is 1. The molecule has 0 radical (unpaired) electrons. The summed E-state index contributed by atoms with van der Waals surface area (Å²) in [6.45, 7) is -2.42. The fourth-order valence-electron chi connectivity index (χ4n) is 0.724. The zero-order chi connectivity index (χ0) is 11.6. The van der Waals surface area contributed by atoms with Crippen molar-refractivity contribution in [1.82, 2.24) is 4.98 Å². The number of rotatable bonds is 2. The van der Waals surface area contributed by atoms with Crippen molar-refractivity contribution in [2.75, 3.05) is 12.3 Å². The molecule has 1 aromatic heterocycles. The van der Waals surface area contributed by atoms with Gasteiger partial charge in [0.25, 0.3) is 5.91 Å². The van der Waals surface area contributed by atoms with E-state index in [1.165, 1.54) is 12.1 Å². The Morgan fingerprint density at radius 1 is 1.83 bits per heavy atom. The second-order valence-corrected chi connectivity index (χ2v) is 2.41. The maximum Gasteiger partial charge on any atom is 0.269 e. The van der Waals surface area contributed by atoms with Crippen molar-refractivity contribution in [3.63, 3.8) is 0 Å². The van der Waals surface area contributed by atoms with E-state index in [0.717, 1.165) is 0 Å². The van der Waals surface area contributed by atoms with Gasteiger partial charge in [-0.2, -0.15) is 0 Å². The first kappa shape index (κ1) is 5.37. The van der Waals surface area contributed by atoms with Crippen molar-refractivity contribution in [1.29, 1.82) is 0 Å². The van der Waals surface area contributed by atoms with Crippen LogP contribution in [0.1, 0.15) is 14.6 Å². The SMILES string of the molecule is [2H]C([2H])([2H])Nc1ccc(Cl)nc1C(N)=O. The number of nitrogens with zero attached hydrogens (tertiary/aromatic N) is 1. The molecule has 1 rings (SSSR count). The Balaban J connectivity index is 3.12. The minimum atomic E-state index is -2.42. The fourth-order valence-corrected chi connectivity index (χ4v) is 0.872. The van der Waals surface area contributed by atoms with Gasteiger partial charge in [-0.3, -0.25) is 4.79 Å². The van der Waals surface area contributed by atoms with E-state index in [-0.39, 0.29) is 16.5 Å². The van der Waals surface area contributed by atoms with Gasteiger partial charge in [0.05, 0.1) is 5.69 Å². The van der Waals surface area contributed by atoms with Crippen molar-refractivity contribution in [3.05, 3.63) is 23.0 Å². The van der Waals surface area contributed by atoms with E-state index < -0.39 is 12.9 Å². The Morgan fingerprint density at radius 2 is 2.58 bits per heavy atom. The molecule has 4 nitrogen and oxygen atoms in total. The number of amides is 1. The summed E-state index contributed by atoms with van der Waals surface area (Å²) in [7, 11) is 0. The maximum atomic E-state index is 10.9. The van der Waals surface area contributed by atoms with Crippen LogP contribution in [-0.4, -0.2) is 17.9 Å².